The maximum Gasteiger partial charge on any atom is 0.306 e. The van der Waals surface area contributed by atoms with Gasteiger partial charge < -0.3 is 19.3 Å². The topological polar surface area (TPSA) is 85.4 Å². The summed E-state index contributed by atoms with van der Waals surface area (Å²) < 4.78 is 16.3. The first kappa shape index (κ1) is 40.6. The Kier molecular flexibility index (Phi) is 26.8. The first-order valence-corrected chi connectivity index (χ1v) is 18.8. The number of hydrogen-bond donors (Lipinski definition) is 1. The molecule has 1 heterocycles. The molecule has 1 saturated heterocycles. The molecule has 0 aliphatic carbocycles. The molecule has 0 radical (unpaired) electrons. The molecule has 0 amide bonds. The van der Waals surface area contributed by atoms with Crippen molar-refractivity contribution < 1.29 is 28.9 Å². The van der Waals surface area contributed by atoms with Gasteiger partial charge in [0.25, 0.3) is 0 Å². The van der Waals surface area contributed by atoms with E-state index in [0.29, 0.717) is 25.0 Å². The second kappa shape index (κ2) is 29.0. The fourth-order valence-electron chi connectivity index (χ4n) is 5.65. The lowest BCUT2D eigenvalue weighted by atomic mass is 9.99. The molecule has 44 heavy (non-hydrogen) atoms. The van der Waals surface area contributed by atoms with E-state index in [1.165, 1.54) is 89.9 Å². The highest BCUT2D eigenvalue weighted by molar-refractivity contribution is 5.70. The minimum absolute atomic E-state index is 0.0711. The zero-order valence-corrected chi connectivity index (χ0v) is 29.0. The number of esters is 2. The summed E-state index contributed by atoms with van der Waals surface area (Å²) in [4.78, 5) is 24.2. The van der Waals surface area contributed by atoms with E-state index in [0.717, 1.165) is 63.7 Å². The highest BCUT2D eigenvalue weighted by atomic mass is 16.6. The zero-order chi connectivity index (χ0) is 32.1. The normalized spacial score (nSPS) is 17.5. The second-order valence-corrected chi connectivity index (χ2v) is 13.3. The average Bonchev–Trinajstić information content (AvgIpc) is 3.78. The lowest BCUT2D eigenvalue weighted by Crippen LogP contribution is -2.28. The van der Waals surface area contributed by atoms with Gasteiger partial charge >= 0.3 is 11.9 Å². The van der Waals surface area contributed by atoms with Gasteiger partial charge in [0, 0.05) is 12.8 Å². The Labute approximate surface area is 271 Å². The highest BCUT2D eigenvalue weighted by Gasteiger charge is 2.36. The Morgan fingerprint density at radius 3 is 1.93 bits per heavy atom. The van der Waals surface area contributed by atoms with Crippen molar-refractivity contribution in [2.24, 2.45) is 5.92 Å². The van der Waals surface area contributed by atoms with Crippen molar-refractivity contribution in [2.45, 2.75) is 200 Å². The Morgan fingerprint density at radius 2 is 1.32 bits per heavy atom. The van der Waals surface area contributed by atoms with Crippen molar-refractivity contribution in [1.29, 1.82) is 0 Å². The minimum atomic E-state index is -0.777. The molecule has 258 valence electrons. The van der Waals surface area contributed by atoms with E-state index in [2.05, 4.69) is 32.9 Å². The Balaban J connectivity index is 1.89. The van der Waals surface area contributed by atoms with Crippen LogP contribution >= 0.6 is 0 Å². The van der Waals surface area contributed by atoms with Crippen LogP contribution in [0.1, 0.15) is 181 Å². The molecule has 4 atom stereocenters. The molecule has 1 fully saturated rings. The summed E-state index contributed by atoms with van der Waals surface area (Å²) in [5.41, 5.74) is 0. The van der Waals surface area contributed by atoms with Crippen LogP contribution in [0.15, 0.2) is 12.2 Å². The first-order valence-electron chi connectivity index (χ1n) is 18.8. The van der Waals surface area contributed by atoms with E-state index in [-0.39, 0.29) is 25.2 Å². The third-order valence-corrected chi connectivity index (χ3v) is 9.02. The van der Waals surface area contributed by atoms with Crippen LogP contribution in [-0.2, 0) is 23.8 Å². The Morgan fingerprint density at radius 1 is 0.727 bits per heavy atom. The standard InChI is InChI=1S/C38H70O6/c1-4-6-21-27-35-36(44-35)28-23-18-14-11-12-16-20-25-30-38(41)43-34(31-39)32-42-37(40)29-24-19-15-10-8-7-9-13-17-22-26-33(3)5-2/h18,23,33-36,39H,4-17,19-22,24-32H2,1-3H3/b23-18-/t33?,34-,35?,36?/m0/s1. The molecule has 1 aliphatic heterocycles. The van der Waals surface area contributed by atoms with Gasteiger partial charge in [0.15, 0.2) is 6.10 Å². The molecule has 0 saturated carbocycles. The summed E-state index contributed by atoms with van der Waals surface area (Å²) in [5, 5.41) is 9.54. The lowest BCUT2D eigenvalue weighted by molar-refractivity contribution is -0.161. The molecule has 0 aromatic rings. The summed E-state index contributed by atoms with van der Waals surface area (Å²) in [6, 6.07) is 0. The minimum Gasteiger partial charge on any atom is -0.462 e. The first-order chi connectivity index (χ1) is 21.5. The van der Waals surface area contributed by atoms with Crippen molar-refractivity contribution in [1.82, 2.24) is 0 Å². The molecular weight excluding hydrogens is 552 g/mol. The largest absolute Gasteiger partial charge is 0.462 e. The van der Waals surface area contributed by atoms with Gasteiger partial charge in [-0.15, -0.1) is 0 Å². The number of epoxide rings is 1. The van der Waals surface area contributed by atoms with Crippen LogP contribution in [0.2, 0.25) is 0 Å². The van der Waals surface area contributed by atoms with Gasteiger partial charge in [0.1, 0.15) is 6.61 Å². The number of aliphatic hydroxyl groups excluding tert-OH is 1. The van der Waals surface area contributed by atoms with Crippen molar-refractivity contribution in [3.05, 3.63) is 12.2 Å². The number of rotatable bonds is 32. The van der Waals surface area contributed by atoms with E-state index in [4.69, 9.17) is 14.2 Å². The summed E-state index contributed by atoms with van der Waals surface area (Å²) in [7, 11) is 0. The van der Waals surface area contributed by atoms with Crippen LogP contribution in [0.3, 0.4) is 0 Å². The van der Waals surface area contributed by atoms with Crippen LogP contribution < -0.4 is 0 Å². The predicted molar refractivity (Wildman–Crippen MR) is 182 cm³/mol. The smallest absolute Gasteiger partial charge is 0.306 e. The van der Waals surface area contributed by atoms with Crippen molar-refractivity contribution in [3.63, 3.8) is 0 Å². The number of ether oxygens (including phenoxy) is 3. The highest BCUT2D eigenvalue weighted by Crippen LogP contribution is 2.30. The summed E-state index contributed by atoms with van der Waals surface area (Å²) in [6.07, 6.45) is 32.9. The molecular formula is C38H70O6. The van der Waals surface area contributed by atoms with Crippen LogP contribution in [0.5, 0.6) is 0 Å². The molecule has 3 unspecified atom stereocenters. The summed E-state index contributed by atoms with van der Waals surface area (Å²) >= 11 is 0. The van der Waals surface area contributed by atoms with Crippen molar-refractivity contribution >= 4 is 11.9 Å². The van der Waals surface area contributed by atoms with E-state index in [1.807, 2.05) is 0 Å². The molecule has 1 rings (SSSR count). The third kappa shape index (κ3) is 24.9. The summed E-state index contributed by atoms with van der Waals surface area (Å²) in [5.74, 6) is 0.268. The maximum atomic E-state index is 12.1. The Bertz CT molecular complexity index is 707. The molecule has 6 nitrogen and oxygen atoms in total. The van der Waals surface area contributed by atoms with Gasteiger partial charge in [-0.25, -0.2) is 0 Å². The van der Waals surface area contributed by atoms with Crippen molar-refractivity contribution in [3.8, 4) is 0 Å². The number of carbonyl (C=O) groups is 2. The van der Waals surface area contributed by atoms with Crippen LogP contribution in [-0.4, -0.2) is 48.6 Å². The number of allylic oxidation sites excluding steroid dienone is 1. The second-order valence-electron chi connectivity index (χ2n) is 13.3. The molecule has 6 heteroatoms. The van der Waals surface area contributed by atoms with Gasteiger partial charge in [-0.1, -0.05) is 142 Å². The van der Waals surface area contributed by atoms with Gasteiger partial charge in [-0.05, 0) is 44.4 Å². The average molecular weight is 623 g/mol. The number of carbonyl (C=O) groups excluding carboxylic acids is 2. The molecule has 0 aromatic heterocycles. The molecule has 0 aromatic carbocycles. The van der Waals surface area contributed by atoms with Crippen molar-refractivity contribution in [2.75, 3.05) is 13.2 Å². The number of aliphatic hydroxyl groups is 1. The lowest BCUT2D eigenvalue weighted by Gasteiger charge is -2.15. The molecule has 0 bridgehead atoms. The van der Waals surface area contributed by atoms with E-state index in [9.17, 15) is 14.7 Å². The van der Waals surface area contributed by atoms with Gasteiger partial charge in [0.05, 0.1) is 18.8 Å². The number of hydrogen-bond acceptors (Lipinski definition) is 6. The van der Waals surface area contributed by atoms with E-state index in [1.54, 1.807) is 0 Å². The monoisotopic (exact) mass is 623 g/mol. The van der Waals surface area contributed by atoms with E-state index < -0.39 is 6.10 Å². The fraction of sp³-hybridized carbons (Fsp3) is 0.895. The molecule has 0 spiro atoms. The van der Waals surface area contributed by atoms with Crippen LogP contribution in [0.4, 0.5) is 0 Å². The SMILES string of the molecule is CCCCCC1OC1C/C=C\CCCCCCCC(=O)O[C@@H](CO)COC(=O)CCCCCCCCCCCCC(C)CC. The molecule has 1 aliphatic rings. The summed E-state index contributed by atoms with van der Waals surface area (Å²) in [6.45, 7) is 6.46. The predicted octanol–water partition coefficient (Wildman–Crippen LogP) is 10.2. The van der Waals surface area contributed by atoms with Gasteiger partial charge in [-0.2, -0.15) is 0 Å². The fourth-order valence-corrected chi connectivity index (χ4v) is 5.65. The quantitative estimate of drug-likeness (QED) is 0.0348. The van der Waals surface area contributed by atoms with E-state index >= 15 is 0 Å². The Hall–Kier alpha value is -1.40. The zero-order valence-electron chi connectivity index (χ0n) is 29.0. The van der Waals surface area contributed by atoms with Crippen LogP contribution in [0.25, 0.3) is 0 Å². The molecule has 1 N–H and O–H groups in total. The maximum absolute atomic E-state index is 12.1. The van der Waals surface area contributed by atoms with Crippen LogP contribution in [0, 0.1) is 5.92 Å². The van der Waals surface area contributed by atoms with Gasteiger partial charge in [-0.3, -0.25) is 9.59 Å². The number of unbranched alkanes of at least 4 members (excludes halogenated alkanes) is 16. The van der Waals surface area contributed by atoms with Gasteiger partial charge in [0.2, 0.25) is 0 Å². The third-order valence-electron chi connectivity index (χ3n) is 9.02.